The van der Waals surface area contributed by atoms with Crippen molar-refractivity contribution in [2.24, 2.45) is 0 Å². The smallest absolute Gasteiger partial charge is 0.393 e. The summed E-state index contributed by atoms with van der Waals surface area (Å²) in [6, 6.07) is 11.3. The van der Waals surface area contributed by atoms with E-state index in [0.29, 0.717) is 11.4 Å². The number of esters is 1. The number of nitrogens with zero attached hydrogens (tertiary/aromatic N) is 3. The minimum atomic E-state index is -3.84. The highest BCUT2D eigenvalue weighted by Gasteiger charge is 2.42. The Balaban J connectivity index is 1.91. The molecule has 0 saturated carbocycles. The van der Waals surface area contributed by atoms with E-state index in [4.69, 9.17) is 10.00 Å². The second-order valence-corrected chi connectivity index (χ2v) is 7.27. The molecule has 0 saturated heterocycles. The van der Waals surface area contributed by atoms with Crippen molar-refractivity contribution in [1.29, 1.82) is 5.26 Å². The number of nitrogens with one attached hydrogen (secondary N) is 1. The summed E-state index contributed by atoms with van der Waals surface area (Å²) < 4.78 is 51.6. The minimum Gasteiger partial charge on any atom is -0.461 e. The van der Waals surface area contributed by atoms with Crippen molar-refractivity contribution in [3.05, 3.63) is 66.2 Å². The van der Waals surface area contributed by atoms with Crippen molar-refractivity contribution < 1.29 is 27.4 Å². The monoisotopic (exact) mass is 460 g/mol. The summed E-state index contributed by atoms with van der Waals surface area (Å²) in [6.07, 6.45) is 2.47. The minimum absolute atomic E-state index is 0.0208. The van der Waals surface area contributed by atoms with E-state index in [-0.39, 0.29) is 40.6 Å². The summed E-state index contributed by atoms with van der Waals surface area (Å²) in [4.78, 5) is 19.6. The van der Waals surface area contributed by atoms with E-state index in [2.05, 4.69) is 20.0 Å². The number of pyridine rings is 2. The number of hydrogen-bond acceptors (Lipinski definition) is 8. The third kappa shape index (κ3) is 5.89. The van der Waals surface area contributed by atoms with Crippen molar-refractivity contribution in [3.8, 4) is 17.6 Å². The quantitative estimate of drug-likeness (QED) is 0.359. The SMILES string of the molecule is CCOC(=O)C(F)(F)Sc1cnc(Nc2ccc(C#N)cn2)c(Oc2ccc(F)cc2)c1. The number of rotatable bonds is 8. The number of carbonyl (C=O) groups is 1. The van der Waals surface area contributed by atoms with Gasteiger partial charge in [0.25, 0.3) is 0 Å². The number of thioether (sulfide) groups is 1. The topological polar surface area (TPSA) is 97.1 Å². The summed E-state index contributed by atoms with van der Waals surface area (Å²) in [5.74, 6) is -1.47. The highest BCUT2D eigenvalue weighted by Crippen LogP contribution is 2.40. The van der Waals surface area contributed by atoms with E-state index < -0.39 is 17.0 Å². The standard InChI is InChI=1S/C21H15F3N4O3S/c1-2-30-20(29)21(23,24)32-16-9-17(31-15-6-4-14(22)5-7-15)19(27-12-16)28-18-8-3-13(10-25)11-26-18/h3-9,11-12H,2H2,1H3,(H,26,27,28). The van der Waals surface area contributed by atoms with Gasteiger partial charge in [-0.05, 0) is 55.1 Å². The Hall–Kier alpha value is -3.78. The number of alkyl halides is 2. The molecule has 0 unspecified atom stereocenters. The average molecular weight is 460 g/mol. The maximum atomic E-state index is 14.1. The fourth-order valence-electron chi connectivity index (χ4n) is 2.34. The Kier molecular flexibility index (Phi) is 7.17. The van der Waals surface area contributed by atoms with Gasteiger partial charge in [-0.1, -0.05) is 0 Å². The molecule has 0 aliphatic carbocycles. The van der Waals surface area contributed by atoms with E-state index in [9.17, 15) is 18.0 Å². The van der Waals surface area contributed by atoms with E-state index in [1.165, 1.54) is 55.6 Å². The molecule has 32 heavy (non-hydrogen) atoms. The number of ether oxygens (including phenoxy) is 2. The first-order valence-electron chi connectivity index (χ1n) is 9.11. The van der Waals surface area contributed by atoms with Gasteiger partial charge in [-0.25, -0.2) is 19.2 Å². The van der Waals surface area contributed by atoms with Crippen LogP contribution in [0, 0.1) is 17.1 Å². The molecular weight excluding hydrogens is 445 g/mol. The fraction of sp³-hybridized carbons (Fsp3) is 0.143. The van der Waals surface area contributed by atoms with Crippen molar-refractivity contribution in [2.45, 2.75) is 17.1 Å². The van der Waals surface area contributed by atoms with Gasteiger partial charge >= 0.3 is 11.2 Å². The molecule has 7 nitrogen and oxygen atoms in total. The molecule has 0 amide bonds. The van der Waals surface area contributed by atoms with E-state index in [0.717, 1.165) is 6.20 Å². The van der Waals surface area contributed by atoms with Crippen LogP contribution in [0.25, 0.3) is 0 Å². The number of hydrogen-bond donors (Lipinski definition) is 1. The number of aromatic nitrogens is 2. The summed E-state index contributed by atoms with van der Waals surface area (Å²) in [5, 5.41) is 7.91. The Morgan fingerprint density at radius 1 is 1.19 bits per heavy atom. The average Bonchev–Trinajstić information content (AvgIpc) is 2.77. The molecule has 11 heteroatoms. The van der Waals surface area contributed by atoms with Gasteiger partial charge in [0.15, 0.2) is 11.6 Å². The van der Waals surface area contributed by atoms with E-state index in [1.807, 2.05) is 6.07 Å². The molecule has 164 valence electrons. The third-order valence-electron chi connectivity index (χ3n) is 3.77. The Morgan fingerprint density at radius 2 is 1.94 bits per heavy atom. The van der Waals surface area contributed by atoms with Crippen molar-refractivity contribution in [2.75, 3.05) is 11.9 Å². The van der Waals surface area contributed by atoms with Crippen molar-refractivity contribution in [1.82, 2.24) is 9.97 Å². The number of benzene rings is 1. The maximum absolute atomic E-state index is 14.1. The van der Waals surface area contributed by atoms with E-state index in [1.54, 1.807) is 0 Å². The van der Waals surface area contributed by atoms with Gasteiger partial charge in [-0.15, -0.1) is 0 Å². The van der Waals surface area contributed by atoms with Gasteiger partial charge in [0, 0.05) is 23.4 Å². The fourth-order valence-corrected chi connectivity index (χ4v) is 3.05. The van der Waals surface area contributed by atoms with Gasteiger partial charge in [0.05, 0.1) is 12.2 Å². The number of nitriles is 1. The molecule has 0 bridgehead atoms. The molecule has 1 N–H and O–H groups in total. The molecule has 0 radical (unpaired) electrons. The van der Waals surface area contributed by atoms with Crippen LogP contribution < -0.4 is 10.1 Å². The largest absolute Gasteiger partial charge is 0.461 e. The molecule has 0 aliphatic rings. The van der Waals surface area contributed by atoms with Crippen LogP contribution >= 0.6 is 11.8 Å². The van der Waals surface area contributed by atoms with Crippen LogP contribution in [-0.4, -0.2) is 27.8 Å². The number of anilines is 2. The second kappa shape index (κ2) is 10.0. The molecule has 3 rings (SSSR count). The number of halogens is 3. The van der Waals surface area contributed by atoms with Crippen LogP contribution in [0.15, 0.2) is 59.8 Å². The maximum Gasteiger partial charge on any atom is 0.393 e. The Bertz CT molecular complexity index is 1140. The molecule has 0 aliphatic heterocycles. The summed E-state index contributed by atoms with van der Waals surface area (Å²) in [5.41, 5.74) is 0.347. The number of carbonyl (C=O) groups excluding carboxylic acids is 1. The first kappa shape index (κ1) is 22.9. The van der Waals surface area contributed by atoms with Gasteiger partial charge in [0.2, 0.25) is 0 Å². The van der Waals surface area contributed by atoms with Gasteiger partial charge in [-0.2, -0.15) is 14.0 Å². The molecule has 2 heterocycles. The zero-order valence-electron chi connectivity index (χ0n) is 16.5. The van der Waals surface area contributed by atoms with Crippen LogP contribution in [0.1, 0.15) is 12.5 Å². The molecular formula is C21H15F3N4O3S. The third-order valence-corrected chi connectivity index (χ3v) is 4.65. The van der Waals surface area contributed by atoms with Crippen LogP contribution in [0.5, 0.6) is 11.5 Å². The molecule has 0 atom stereocenters. The molecule has 2 aromatic heterocycles. The van der Waals surface area contributed by atoms with Gasteiger partial charge < -0.3 is 14.8 Å². The summed E-state index contributed by atoms with van der Waals surface area (Å²) in [7, 11) is 0. The summed E-state index contributed by atoms with van der Waals surface area (Å²) in [6.45, 7) is 1.24. The zero-order chi connectivity index (χ0) is 23.1. The van der Waals surface area contributed by atoms with E-state index >= 15 is 0 Å². The van der Waals surface area contributed by atoms with Crippen LogP contribution in [0.3, 0.4) is 0 Å². The van der Waals surface area contributed by atoms with Crippen molar-refractivity contribution >= 4 is 29.4 Å². The molecule has 3 aromatic rings. The normalized spacial score (nSPS) is 10.8. The zero-order valence-corrected chi connectivity index (χ0v) is 17.3. The molecule has 0 fully saturated rings. The van der Waals surface area contributed by atoms with Gasteiger partial charge in [0.1, 0.15) is 23.5 Å². The van der Waals surface area contributed by atoms with Crippen LogP contribution in [0.4, 0.5) is 24.8 Å². The lowest BCUT2D eigenvalue weighted by Gasteiger charge is -2.16. The highest BCUT2D eigenvalue weighted by atomic mass is 32.2. The predicted octanol–water partition coefficient (Wildman–Crippen LogP) is 5.27. The first-order chi connectivity index (χ1) is 15.3. The highest BCUT2D eigenvalue weighted by molar-refractivity contribution is 8.01. The Morgan fingerprint density at radius 3 is 2.56 bits per heavy atom. The predicted molar refractivity (Wildman–Crippen MR) is 110 cm³/mol. The first-order valence-corrected chi connectivity index (χ1v) is 9.93. The molecule has 1 aromatic carbocycles. The van der Waals surface area contributed by atoms with Crippen molar-refractivity contribution in [3.63, 3.8) is 0 Å². The van der Waals surface area contributed by atoms with Crippen LogP contribution in [-0.2, 0) is 9.53 Å². The molecule has 0 spiro atoms. The lowest BCUT2D eigenvalue weighted by molar-refractivity contribution is -0.159. The summed E-state index contributed by atoms with van der Waals surface area (Å²) >= 11 is -0.0488. The second-order valence-electron chi connectivity index (χ2n) is 6.08. The lowest BCUT2D eigenvalue weighted by Crippen LogP contribution is -2.27. The van der Waals surface area contributed by atoms with Crippen LogP contribution in [0.2, 0.25) is 0 Å². The Labute approximate surface area is 185 Å². The lowest BCUT2D eigenvalue weighted by atomic mass is 10.3. The van der Waals surface area contributed by atoms with Gasteiger partial charge in [-0.3, -0.25) is 0 Å².